The molecule has 5 heteroatoms. The van der Waals surface area contributed by atoms with Gasteiger partial charge in [-0.25, -0.2) is 4.39 Å². The van der Waals surface area contributed by atoms with Crippen molar-refractivity contribution < 1.29 is 13.9 Å². The highest BCUT2D eigenvalue weighted by molar-refractivity contribution is 5.76. The number of nitrogens with one attached hydrogen (secondary N) is 2. The van der Waals surface area contributed by atoms with Crippen molar-refractivity contribution in [3.63, 3.8) is 0 Å². The molecular formula is C17H25FN2O2. The molecule has 0 unspecified atom stereocenters. The SMILES string of the molecule is COCC1(CNC(=O)CCc2ccc(F)cc2)CCNCC1. The summed E-state index contributed by atoms with van der Waals surface area (Å²) in [6.07, 6.45) is 3.08. The first-order valence-electron chi connectivity index (χ1n) is 7.84. The van der Waals surface area contributed by atoms with Gasteiger partial charge in [0.05, 0.1) is 6.61 Å². The molecule has 0 spiro atoms. The number of aryl methyl sites for hydroxylation is 1. The zero-order valence-corrected chi connectivity index (χ0v) is 13.2. The molecule has 2 rings (SSSR count). The summed E-state index contributed by atoms with van der Waals surface area (Å²) in [5, 5.41) is 6.38. The highest BCUT2D eigenvalue weighted by atomic mass is 19.1. The largest absolute Gasteiger partial charge is 0.384 e. The number of benzene rings is 1. The molecule has 1 amide bonds. The highest BCUT2D eigenvalue weighted by Crippen LogP contribution is 2.28. The van der Waals surface area contributed by atoms with Crippen LogP contribution in [-0.2, 0) is 16.0 Å². The predicted octanol–water partition coefficient (Wildman–Crippen LogP) is 1.89. The van der Waals surface area contributed by atoms with Gasteiger partial charge in [-0.2, -0.15) is 0 Å². The van der Waals surface area contributed by atoms with Crippen LogP contribution in [0.3, 0.4) is 0 Å². The summed E-state index contributed by atoms with van der Waals surface area (Å²) >= 11 is 0. The zero-order valence-electron chi connectivity index (χ0n) is 13.2. The van der Waals surface area contributed by atoms with E-state index in [0.29, 0.717) is 26.0 Å². The van der Waals surface area contributed by atoms with E-state index in [2.05, 4.69) is 10.6 Å². The Bertz CT molecular complexity index is 465. The van der Waals surface area contributed by atoms with Gasteiger partial charge in [0, 0.05) is 25.5 Å². The maximum atomic E-state index is 12.8. The fraction of sp³-hybridized carbons (Fsp3) is 0.588. The number of rotatable bonds is 7. The van der Waals surface area contributed by atoms with Gasteiger partial charge in [0.25, 0.3) is 0 Å². The number of halogens is 1. The molecule has 1 aliphatic rings. The second-order valence-corrected chi connectivity index (χ2v) is 6.09. The molecule has 0 radical (unpaired) electrons. The van der Waals surface area contributed by atoms with Crippen molar-refractivity contribution in [3.05, 3.63) is 35.6 Å². The van der Waals surface area contributed by atoms with Crippen molar-refractivity contribution in [2.45, 2.75) is 25.7 Å². The van der Waals surface area contributed by atoms with E-state index in [-0.39, 0.29) is 17.1 Å². The van der Waals surface area contributed by atoms with E-state index < -0.39 is 0 Å². The topological polar surface area (TPSA) is 50.4 Å². The van der Waals surface area contributed by atoms with E-state index in [0.717, 1.165) is 31.5 Å². The van der Waals surface area contributed by atoms with Gasteiger partial charge in [-0.1, -0.05) is 12.1 Å². The van der Waals surface area contributed by atoms with Crippen LogP contribution in [0.1, 0.15) is 24.8 Å². The van der Waals surface area contributed by atoms with Gasteiger partial charge in [0.1, 0.15) is 5.82 Å². The molecular weight excluding hydrogens is 283 g/mol. The number of ether oxygens (including phenoxy) is 1. The Labute approximate surface area is 131 Å². The Kier molecular flexibility index (Phi) is 6.34. The normalized spacial score (nSPS) is 17.2. The molecule has 0 saturated carbocycles. The van der Waals surface area contributed by atoms with E-state index in [4.69, 9.17) is 4.74 Å². The van der Waals surface area contributed by atoms with E-state index in [1.807, 2.05) is 0 Å². The van der Waals surface area contributed by atoms with Crippen molar-refractivity contribution in [1.82, 2.24) is 10.6 Å². The molecule has 0 aliphatic carbocycles. The van der Waals surface area contributed by atoms with E-state index in [1.54, 1.807) is 19.2 Å². The van der Waals surface area contributed by atoms with Gasteiger partial charge in [0.15, 0.2) is 0 Å². The first-order valence-corrected chi connectivity index (χ1v) is 7.84. The number of hydrogen-bond donors (Lipinski definition) is 2. The summed E-state index contributed by atoms with van der Waals surface area (Å²) in [4.78, 5) is 12.0. The maximum absolute atomic E-state index is 12.8. The first kappa shape index (κ1) is 16.9. The predicted molar refractivity (Wildman–Crippen MR) is 84.1 cm³/mol. The van der Waals surface area contributed by atoms with Crippen LogP contribution in [0, 0.1) is 11.2 Å². The van der Waals surface area contributed by atoms with Gasteiger partial charge in [-0.3, -0.25) is 4.79 Å². The number of piperidine rings is 1. The molecule has 0 atom stereocenters. The quantitative estimate of drug-likeness (QED) is 0.809. The summed E-state index contributed by atoms with van der Waals surface area (Å²) in [5.41, 5.74) is 1.02. The lowest BCUT2D eigenvalue weighted by atomic mass is 9.79. The molecule has 22 heavy (non-hydrogen) atoms. The number of carbonyl (C=O) groups is 1. The Morgan fingerprint density at radius 1 is 1.32 bits per heavy atom. The van der Waals surface area contributed by atoms with Crippen LogP contribution >= 0.6 is 0 Å². The fourth-order valence-electron chi connectivity index (χ4n) is 2.92. The van der Waals surface area contributed by atoms with Crippen LogP contribution < -0.4 is 10.6 Å². The lowest BCUT2D eigenvalue weighted by Crippen LogP contribution is -2.47. The first-order chi connectivity index (χ1) is 10.6. The van der Waals surface area contributed by atoms with E-state index in [1.165, 1.54) is 12.1 Å². The average Bonchev–Trinajstić information content (AvgIpc) is 2.54. The van der Waals surface area contributed by atoms with E-state index in [9.17, 15) is 9.18 Å². The van der Waals surface area contributed by atoms with Crippen molar-refractivity contribution in [2.24, 2.45) is 5.41 Å². The molecule has 2 N–H and O–H groups in total. The lowest BCUT2D eigenvalue weighted by Gasteiger charge is -2.37. The Balaban J connectivity index is 1.77. The molecule has 4 nitrogen and oxygen atoms in total. The second kappa shape index (κ2) is 8.25. The highest BCUT2D eigenvalue weighted by Gasteiger charge is 2.32. The Morgan fingerprint density at radius 2 is 2.00 bits per heavy atom. The minimum atomic E-state index is -0.249. The van der Waals surface area contributed by atoms with Crippen molar-refractivity contribution in [3.8, 4) is 0 Å². The number of methoxy groups -OCH3 is 1. The maximum Gasteiger partial charge on any atom is 0.220 e. The molecule has 1 aromatic carbocycles. The van der Waals surface area contributed by atoms with Crippen LogP contribution in [0.2, 0.25) is 0 Å². The molecule has 122 valence electrons. The molecule has 1 aromatic rings. The standard InChI is InChI=1S/C17H25FN2O2/c1-22-13-17(8-10-19-11-9-17)12-20-16(21)7-4-14-2-5-15(18)6-3-14/h2-3,5-6,19H,4,7-13H2,1H3,(H,20,21). The van der Waals surface area contributed by atoms with Gasteiger partial charge < -0.3 is 15.4 Å². The molecule has 1 aliphatic heterocycles. The molecule has 1 heterocycles. The van der Waals surface area contributed by atoms with Crippen molar-refractivity contribution in [1.29, 1.82) is 0 Å². The third-order valence-corrected chi connectivity index (χ3v) is 4.33. The average molecular weight is 308 g/mol. The van der Waals surface area contributed by atoms with Crippen LogP contribution in [0.25, 0.3) is 0 Å². The summed E-state index contributed by atoms with van der Waals surface area (Å²) < 4.78 is 18.2. The summed E-state index contributed by atoms with van der Waals surface area (Å²) in [7, 11) is 1.71. The van der Waals surface area contributed by atoms with Crippen molar-refractivity contribution >= 4 is 5.91 Å². The van der Waals surface area contributed by atoms with Crippen LogP contribution in [0.15, 0.2) is 24.3 Å². The summed E-state index contributed by atoms with van der Waals surface area (Å²) in [6, 6.07) is 6.30. The van der Waals surface area contributed by atoms with Crippen LogP contribution in [0.5, 0.6) is 0 Å². The van der Waals surface area contributed by atoms with Gasteiger partial charge in [-0.15, -0.1) is 0 Å². The fourth-order valence-corrected chi connectivity index (χ4v) is 2.92. The summed E-state index contributed by atoms with van der Waals surface area (Å²) in [6.45, 7) is 3.27. The van der Waals surface area contributed by atoms with Crippen molar-refractivity contribution in [2.75, 3.05) is 33.4 Å². The summed E-state index contributed by atoms with van der Waals surface area (Å²) in [5.74, 6) is -0.209. The smallest absolute Gasteiger partial charge is 0.220 e. The molecule has 1 fully saturated rings. The Hall–Kier alpha value is -1.46. The van der Waals surface area contributed by atoms with Gasteiger partial charge >= 0.3 is 0 Å². The minimum Gasteiger partial charge on any atom is -0.384 e. The van der Waals surface area contributed by atoms with Crippen LogP contribution in [-0.4, -0.2) is 39.3 Å². The van der Waals surface area contributed by atoms with Gasteiger partial charge in [-0.05, 0) is 50.0 Å². The second-order valence-electron chi connectivity index (χ2n) is 6.09. The number of amides is 1. The third kappa shape index (κ3) is 5.07. The third-order valence-electron chi connectivity index (χ3n) is 4.33. The molecule has 0 bridgehead atoms. The molecule has 1 saturated heterocycles. The van der Waals surface area contributed by atoms with Gasteiger partial charge in [0.2, 0.25) is 5.91 Å². The minimum absolute atomic E-state index is 0.0401. The monoisotopic (exact) mass is 308 g/mol. The zero-order chi connectivity index (χ0) is 15.8. The van der Waals surface area contributed by atoms with E-state index >= 15 is 0 Å². The molecule has 0 aromatic heterocycles. The number of hydrogen-bond acceptors (Lipinski definition) is 3. The lowest BCUT2D eigenvalue weighted by molar-refractivity contribution is -0.122. The number of carbonyl (C=O) groups excluding carboxylic acids is 1. The Morgan fingerprint density at radius 3 is 2.64 bits per heavy atom. The van der Waals surface area contributed by atoms with Crippen LogP contribution in [0.4, 0.5) is 4.39 Å².